The van der Waals surface area contributed by atoms with Crippen LogP contribution in [0.2, 0.25) is 0 Å². The Bertz CT molecular complexity index is 300. The minimum Gasteiger partial charge on any atom is -0.312 e. The molecule has 1 aromatic carbocycles. The van der Waals surface area contributed by atoms with Crippen LogP contribution in [0.3, 0.4) is 0 Å². The summed E-state index contributed by atoms with van der Waals surface area (Å²) in [4.78, 5) is 0. The summed E-state index contributed by atoms with van der Waals surface area (Å²) >= 11 is 0. The second-order valence-electron chi connectivity index (χ2n) is 3.56. The maximum atomic E-state index is 11.7. The van der Waals surface area contributed by atoms with Crippen LogP contribution in [0.15, 0.2) is 30.3 Å². The third kappa shape index (κ3) is 4.14. The molecule has 1 rings (SSSR count). The minimum atomic E-state index is -0.713. The van der Waals surface area contributed by atoms with Crippen LogP contribution in [0.5, 0.6) is 0 Å². The van der Waals surface area contributed by atoms with Gasteiger partial charge in [-0.25, -0.2) is 0 Å². The zero-order chi connectivity index (χ0) is 11.1. The average molecular weight is 225 g/mol. The van der Waals surface area contributed by atoms with E-state index in [2.05, 4.69) is 24.4 Å². The van der Waals surface area contributed by atoms with Crippen molar-refractivity contribution in [2.24, 2.45) is 0 Å². The Hall–Kier alpha value is -0.670. The molecule has 0 spiro atoms. The summed E-state index contributed by atoms with van der Waals surface area (Å²) in [6.07, 6.45) is 0.984. The van der Waals surface area contributed by atoms with E-state index in [0.29, 0.717) is 5.75 Å². The molecule has 2 unspecified atom stereocenters. The lowest BCUT2D eigenvalue weighted by molar-refractivity contribution is 0.635. The van der Waals surface area contributed by atoms with Gasteiger partial charge in [0.2, 0.25) is 0 Å². The summed E-state index contributed by atoms with van der Waals surface area (Å²) in [7, 11) is 1.20. The van der Waals surface area contributed by atoms with Crippen molar-refractivity contribution in [3.05, 3.63) is 35.9 Å². The van der Waals surface area contributed by atoms with Gasteiger partial charge in [0.1, 0.15) is 0 Å². The highest BCUT2D eigenvalue weighted by molar-refractivity contribution is 7.85. The average Bonchev–Trinajstić information content (AvgIpc) is 2.27. The highest BCUT2D eigenvalue weighted by Gasteiger charge is 2.11. The van der Waals surface area contributed by atoms with Gasteiger partial charge < -0.3 is 5.32 Å². The van der Waals surface area contributed by atoms with E-state index in [1.807, 2.05) is 25.2 Å². The molecular formula is C12H19NOS. The van der Waals surface area contributed by atoms with Gasteiger partial charge in [0.15, 0.2) is 0 Å². The van der Waals surface area contributed by atoms with Crippen molar-refractivity contribution in [2.75, 3.05) is 18.6 Å². The molecule has 0 aliphatic carbocycles. The maximum absolute atomic E-state index is 11.7. The first-order valence-electron chi connectivity index (χ1n) is 5.35. The Morgan fingerprint density at radius 1 is 1.33 bits per heavy atom. The van der Waals surface area contributed by atoms with Gasteiger partial charge in [0.05, 0.1) is 0 Å². The van der Waals surface area contributed by atoms with Gasteiger partial charge in [-0.15, -0.1) is 0 Å². The monoisotopic (exact) mass is 225 g/mol. The summed E-state index contributed by atoms with van der Waals surface area (Å²) in [6.45, 7) is 2.06. The van der Waals surface area contributed by atoms with E-state index in [-0.39, 0.29) is 6.04 Å². The van der Waals surface area contributed by atoms with E-state index < -0.39 is 10.8 Å². The highest BCUT2D eigenvalue weighted by atomic mass is 32.2. The Morgan fingerprint density at radius 2 is 2.00 bits per heavy atom. The zero-order valence-corrected chi connectivity index (χ0v) is 10.2. The van der Waals surface area contributed by atoms with Crippen LogP contribution in [-0.4, -0.2) is 22.8 Å². The van der Waals surface area contributed by atoms with Crippen LogP contribution in [0.1, 0.15) is 24.9 Å². The Labute approximate surface area is 94.5 Å². The molecule has 0 aliphatic heterocycles. The molecule has 0 fully saturated rings. The van der Waals surface area contributed by atoms with Gasteiger partial charge in [0, 0.05) is 28.3 Å². The van der Waals surface area contributed by atoms with E-state index in [9.17, 15) is 4.21 Å². The van der Waals surface area contributed by atoms with Crippen LogP contribution >= 0.6 is 0 Å². The van der Waals surface area contributed by atoms with Crippen LogP contribution in [0.25, 0.3) is 0 Å². The van der Waals surface area contributed by atoms with E-state index >= 15 is 0 Å². The van der Waals surface area contributed by atoms with Crippen molar-refractivity contribution in [1.82, 2.24) is 5.32 Å². The first-order valence-corrected chi connectivity index (χ1v) is 6.84. The fraction of sp³-hybridized carbons (Fsp3) is 0.500. The molecule has 0 heterocycles. The van der Waals surface area contributed by atoms with Gasteiger partial charge >= 0.3 is 0 Å². The summed E-state index contributed by atoms with van der Waals surface area (Å²) in [6, 6.07) is 10.4. The van der Waals surface area contributed by atoms with Gasteiger partial charge in [-0.2, -0.15) is 0 Å². The van der Waals surface area contributed by atoms with E-state index in [1.54, 1.807) is 0 Å². The Morgan fingerprint density at radius 3 is 2.53 bits per heavy atom. The first-order chi connectivity index (χ1) is 7.27. The molecule has 2 nitrogen and oxygen atoms in total. The Balaban J connectivity index is 2.61. The second kappa shape index (κ2) is 6.75. The van der Waals surface area contributed by atoms with Crippen LogP contribution in [-0.2, 0) is 10.8 Å². The molecule has 2 atom stereocenters. The number of rotatable bonds is 6. The molecule has 15 heavy (non-hydrogen) atoms. The van der Waals surface area contributed by atoms with Crippen molar-refractivity contribution < 1.29 is 4.21 Å². The lowest BCUT2D eigenvalue weighted by atomic mass is 10.1. The molecule has 0 radical (unpaired) electrons. The number of nitrogens with one attached hydrogen (secondary N) is 1. The molecule has 0 aromatic heterocycles. The van der Waals surface area contributed by atoms with Gasteiger partial charge in [-0.1, -0.05) is 37.3 Å². The number of hydrogen-bond acceptors (Lipinski definition) is 2. The first kappa shape index (κ1) is 12.4. The zero-order valence-electron chi connectivity index (χ0n) is 9.40. The minimum absolute atomic E-state index is 0.207. The standard InChI is InChI=1S/C12H19NOS/c1-3-9-15(14)10-12(13-2)11-7-5-4-6-8-11/h4-8,12-13H,3,9-10H2,1-2H3. The molecule has 0 amide bonds. The third-order valence-corrected chi connectivity index (χ3v) is 3.90. The summed E-state index contributed by atoms with van der Waals surface area (Å²) in [5, 5.41) is 3.21. The lowest BCUT2D eigenvalue weighted by Gasteiger charge is -2.15. The van der Waals surface area contributed by atoms with E-state index in [4.69, 9.17) is 0 Å². The molecule has 1 N–H and O–H groups in total. The van der Waals surface area contributed by atoms with Crippen LogP contribution in [0, 0.1) is 0 Å². The van der Waals surface area contributed by atoms with Crippen molar-refractivity contribution >= 4 is 10.8 Å². The fourth-order valence-electron chi connectivity index (χ4n) is 1.53. The number of hydrogen-bond donors (Lipinski definition) is 1. The van der Waals surface area contributed by atoms with Gasteiger partial charge in [-0.3, -0.25) is 4.21 Å². The molecule has 0 saturated carbocycles. The molecule has 0 bridgehead atoms. The summed E-state index contributed by atoms with van der Waals surface area (Å²) in [5.74, 6) is 1.50. The van der Waals surface area contributed by atoms with Crippen LogP contribution < -0.4 is 5.32 Å². The predicted molar refractivity (Wildman–Crippen MR) is 66.4 cm³/mol. The van der Waals surface area contributed by atoms with Gasteiger partial charge in [-0.05, 0) is 19.0 Å². The lowest BCUT2D eigenvalue weighted by Crippen LogP contribution is -2.23. The van der Waals surface area contributed by atoms with Crippen molar-refractivity contribution in [3.8, 4) is 0 Å². The van der Waals surface area contributed by atoms with Crippen molar-refractivity contribution in [2.45, 2.75) is 19.4 Å². The molecule has 84 valence electrons. The van der Waals surface area contributed by atoms with Crippen LogP contribution in [0.4, 0.5) is 0 Å². The van der Waals surface area contributed by atoms with Crippen molar-refractivity contribution in [1.29, 1.82) is 0 Å². The Kier molecular flexibility index (Phi) is 5.58. The second-order valence-corrected chi connectivity index (χ2v) is 5.18. The topological polar surface area (TPSA) is 29.1 Å². The quantitative estimate of drug-likeness (QED) is 0.803. The van der Waals surface area contributed by atoms with Gasteiger partial charge in [0.25, 0.3) is 0 Å². The summed E-state index contributed by atoms with van der Waals surface area (Å²) in [5.41, 5.74) is 1.21. The number of benzene rings is 1. The maximum Gasteiger partial charge on any atom is 0.0434 e. The smallest absolute Gasteiger partial charge is 0.0434 e. The third-order valence-electron chi connectivity index (χ3n) is 2.33. The van der Waals surface area contributed by atoms with Crippen molar-refractivity contribution in [3.63, 3.8) is 0 Å². The van der Waals surface area contributed by atoms with E-state index in [1.165, 1.54) is 5.56 Å². The normalized spacial score (nSPS) is 14.8. The summed E-state index contributed by atoms with van der Waals surface area (Å²) < 4.78 is 11.7. The fourth-order valence-corrected chi connectivity index (χ4v) is 2.88. The van der Waals surface area contributed by atoms with E-state index in [0.717, 1.165) is 12.2 Å². The molecule has 0 aliphatic rings. The SMILES string of the molecule is CCCS(=O)CC(NC)c1ccccc1. The molecular weight excluding hydrogens is 206 g/mol. The predicted octanol–water partition coefficient (Wildman–Crippen LogP) is 2.11. The molecule has 3 heteroatoms. The molecule has 0 saturated heterocycles. The molecule has 1 aromatic rings. The highest BCUT2D eigenvalue weighted by Crippen LogP contribution is 2.13. The largest absolute Gasteiger partial charge is 0.312 e.